The van der Waals surface area contributed by atoms with Crippen molar-refractivity contribution in [2.45, 2.75) is 39.0 Å². The lowest BCUT2D eigenvalue weighted by Crippen LogP contribution is -2.09. The minimum Gasteiger partial charge on any atom is -0.341 e. The van der Waals surface area contributed by atoms with Gasteiger partial charge in [-0.15, -0.1) is 11.3 Å². The smallest absolute Gasteiger partial charge is 0.114 e. The van der Waals surface area contributed by atoms with Crippen molar-refractivity contribution in [3.05, 3.63) is 51.0 Å². The van der Waals surface area contributed by atoms with Crippen LogP contribution in [0.3, 0.4) is 0 Å². The van der Waals surface area contributed by atoms with Gasteiger partial charge < -0.3 is 4.98 Å². The highest BCUT2D eigenvalue weighted by molar-refractivity contribution is 7.10. The molecule has 3 heteroatoms. The first-order valence-corrected chi connectivity index (χ1v) is 8.13. The molecule has 2 nitrogen and oxygen atoms in total. The maximum Gasteiger partial charge on any atom is 0.114 e. The summed E-state index contributed by atoms with van der Waals surface area (Å²) in [5.74, 6) is 1.60. The molecular weight excluding hydrogens is 264 g/mol. The molecular formula is C17H18N2S. The van der Waals surface area contributed by atoms with Gasteiger partial charge in [0, 0.05) is 10.8 Å². The molecule has 1 unspecified atom stereocenters. The number of hydrogen-bond donors (Lipinski definition) is 1. The molecule has 0 radical (unpaired) electrons. The Kier molecular flexibility index (Phi) is 2.71. The van der Waals surface area contributed by atoms with Crippen LogP contribution in [-0.4, -0.2) is 9.97 Å². The Labute approximate surface area is 122 Å². The molecule has 1 aliphatic rings. The minimum atomic E-state index is 0.456. The molecule has 1 atom stereocenters. The van der Waals surface area contributed by atoms with E-state index in [1.165, 1.54) is 41.5 Å². The molecule has 20 heavy (non-hydrogen) atoms. The fraction of sp³-hybridized carbons (Fsp3) is 0.353. The fourth-order valence-corrected chi connectivity index (χ4v) is 4.41. The van der Waals surface area contributed by atoms with E-state index < -0.39 is 0 Å². The van der Waals surface area contributed by atoms with E-state index in [1.54, 1.807) is 4.88 Å². The third kappa shape index (κ3) is 1.80. The summed E-state index contributed by atoms with van der Waals surface area (Å²) in [5, 5.41) is 2.22. The molecule has 0 fully saturated rings. The minimum absolute atomic E-state index is 0.456. The van der Waals surface area contributed by atoms with E-state index in [1.807, 2.05) is 11.3 Å². The summed E-state index contributed by atoms with van der Waals surface area (Å²) in [6.45, 7) is 4.29. The van der Waals surface area contributed by atoms with Gasteiger partial charge in [0.2, 0.25) is 0 Å². The van der Waals surface area contributed by atoms with Crippen molar-refractivity contribution in [3.8, 4) is 0 Å². The predicted octanol–water partition coefficient (Wildman–Crippen LogP) is 4.71. The van der Waals surface area contributed by atoms with E-state index in [9.17, 15) is 0 Å². The van der Waals surface area contributed by atoms with Crippen LogP contribution in [0.5, 0.6) is 0 Å². The third-order valence-corrected chi connectivity index (χ3v) is 5.32. The van der Waals surface area contributed by atoms with Gasteiger partial charge in [0.05, 0.1) is 11.0 Å². The Morgan fingerprint density at radius 1 is 1.30 bits per heavy atom. The second-order valence-corrected chi connectivity index (χ2v) is 6.84. The first-order chi connectivity index (χ1) is 9.72. The van der Waals surface area contributed by atoms with Gasteiger partial charge in [0.15, 0.2) is 0 Å². The summed E-state index contributed by atoms with van der Waals surface area (Å²) >= 11 is 1.89. The zero-order valence-electron chi connectivity index (χ0n) is 11.9. The molecule has 4 rings (SSSR count). The number of H-pyrrole nitrogens is 1. The number of aryl methyl sites for hydroxylation is 3. The molecule has 0 saturated carbocycles. The van der Waals surface area contributed by atoms with Crippen molar-refractivity contribution >= 4 is 22.4 Å². The van der Waals surface area contributed by atoms with Gasteiger partial charge >= 0.3 is 0 Å². The zero-order valence-corrected chi connectivity index (χ0v) is 12.7. The summed E-state index contributed by atoms with van der Waals surface area (Å²) in [6.07, 6.45) is 3.72. The molecule has 0 saturated heterocycles. The van der Waals surface area contributed by atoms with E-state index in [0.717, 1.165) is 11.3 Å². The highest BCUT2D eigenvalue weighted by Crippen LogP contribution is 2.38. The average Bonchev–Trinajstić information content (AvgIpc) is 3.03. The van der Waals surface area contributed by atoms with Crippen molar-refractivity contribution in [2.24, 2.45) is 0 Å². The van der Waals surface area contributed by atoms with Crippen LogP contribution in [0.4, 0.5) is 0 Å². The second-order valence-electron chi connectivity index (χ2n) is 5.84. The third-order valence-electron chi connectivity index (χ3n) is 4.32. The Balaban J connectivity index is 1.86. The van der Waals surface area contributed by atoms with Crippen LogP contribution in [0, 0.1) is 13.8 Å². The number of aromatic nitrogens is 2. The average molecular weight is 282 g/mol. The van der Waals surface area contributed by atoms with Crippen LogP contribution >= 0.6 is 11.3 Å². The number of fused-ring (bicyclic) bond motifs is 2. The molecule has 0 aliphatic heterocycles. The molecule has 1 aliphatic carbocycles. The lowest BCUT2D eigenvalue weighted by molar-refractivity contribution is 0.604. The van der Waals surface area contributed by atoms with Gasteiger partial charge in [0.25, 0.3) is 0 Å². The van der Waals surface area contributed by atoms with Gasteiger partial charge in [-0.3, -0.25) is 0 Å². The van der Waals surface area contributed by atoms with E-state index in [0.29, 0.717) is 5.92 Å². The number of hydrogen-bond acceptors (Lipinski definition) is 2. The number of aromatic amines is 1. The normalized spacial score (nSPS) is 18.4. The molecule has 1 N–H and O–H groups in total. The van der Waals surface area contributed by atoms with E-state index in [4.69, 9.17) is 4.98 Å². The number of rotatable bonds is 1. The summed E-state index contributed by atoms with van der Waals surface area (Å²) < 4.78 is 0. The maximum absolute atomic E-state index is 4.90. The second kappa shape index (κ2) is 4.45. The van der Waals surface area contributed by atoms with Crippen molar-refractivity contribution in [1.29, 1.82) is 0 Å². The fourth-order valence-electron chi connectivity index (χ4n) is 3.43. The molecule has 102 valence electrons. The topological polar surface area (TPSA) is 28.7 Å². The molecule has 0 bridgehead atoms. The highest BCUT2D eigenvalue weighted by Gasteiger charge is 2.25. The summed E-state index contributed by atoms with van der Waals surface area (Å²) in [4.78, 5) is 10.0. The summed E-state index contributed by atoms with van der Waals surface area (Å²) in [5.41, 5.74) is 6.37. The van der Waals surface area contributed by atoms with Gasteiger partial charge in [-0.25, -0.2) is 4.98 Å². The Bertz CT molecular complexity index is 781. The first kappa shape index (κ1) is 12.2. The number of nitrogens with one attached hydrogen (secondary N) is 1. The van der Waals surface area contributed by atoms with Crippen LogP contribution in [0.2, 0.25) is 0 Å². The summed E-state index contributed by atoms with van der Waals surface area (Å²) in [7, 11) is 0. The standard InChI is InChI=1S/C17H18N2S/c1-10-8-11(2)16-14(9-10)18-17(19-16)13-4-3-5-15-12(13)6-7-20-15/h6-9,13H,3-5H2,1-2H3,(H,18,19). The zero-order chi connectivity index (χ0) is 13.7. The van der Waals surface area contributed by atoms with Gasteiger partial charge in [0.1, 0.15) is 5.82 Å². The van der Waals surface area contributed by atoms with Crippen molar-refractivity contribution in [3.63, 3.8) is 0 Å². The Hall–Kier alpha value is -1.61. The summed E-state index contributed by atoms with van der Waals surface area (Å²) in [6, 6.07) is 6.70. The van der Waals surface area contributed by atoms with Crippen molar-refractivity contribution < 1.29 is 0 Å². The number of benzene rings is 1. The largest absolute Gasteiger partial charge is 0.341 e. The number of imidazole rings is 1. The van der Waals surface area contributed by atoms with Gasteiger partial charge in [-0.1, -0.05) is 6.07 Å². The number of thiophene rings is 1. The lowest BCUT2D eigenvalue weighted by Gasteiger charge is -2.20. The first-order valence-electron chi connectivity index (χ1n) is 7.25. The van der Waals surface area contributed by atoms with Crippen LogP contribution in [-0.2, 0) is 6.42 Å². The van der Waals surface area contributed by atoms with Crippen LogP contribution in [0.15, 0.2) is 23.6 Å². The SMILES string of the molecule is Cc1cc(C)c2nc(C3CCCc4sccc43)[nH]c2c1. The van der Waals surface area contributed by atoms with Gasteiger partial charge in [-0.2, -0.15) is 0 Å². The van der Waals surface area contributed by atoms with Crippen molar-refractivity contribution in [1.82, 2.24) is 9.97 Å². The van der Waals surface area contributed by atoms with Crippen LogP contribution in [0.1, 0.15) is 46.2 Å². The predicted molar refractivity (Wildman–Crippen MR) is 84.7 cm³/mol. The number of nitrogens with zero attached hydrogens (tertiary/aromatic N) is 1. The van der Waals surface area contributed by atoms with Crippen LogP contribution < -0.4 is 0 Å². The highest BCUT2D eigenvalue weighted by atomic mass is 32.1. The Morgan fingerprint density at radius 3 is 3.10 bits per heavy atom. The monoisotopic (exact) mass is 282 g/mol. The molecule has 0 spiro atoms. The van der Waals surface area contributed by atoms with Crippen molar-refractivity contribution in [2.75, 3.05) is 0 Å². The maximum atomic E-state index is 4.90. The molecule has 3 aromatic rings. The molecule has 2 heterocycles. The Morgan fingerprint density at radius 2 is 2.20 bits per heavy atom. The lowest BCUT2D eigenvalue weighted by atomic mass is 9.87. The molecule has 1 aromatic carbocycles. The molecule has 0 amide bonds. The van der Waals surface area contributed by atoms with Crippen LogP contribution in [0.25, 0.3) is 11.0 Å². The van der Waals surface area contributed by atoms with E-state index in [-0.39, 0.29) is 0 Å². The van der Waals surface area contributed by atoms with E-state index >= 15 is 0 Å². The quantitative estimate of drug-likeness (QED) is 0.688. The molecule has 2 aromatic heterocycles. The van der Waals surface area contributed by atoms with E-state index in [2.05, 4.69) is 42.4 Å². The van der Waals surface area contributed by atoms with Gasteiger partial charge in [-0.05, 0) is 67.3 Å².